The molecule has 0 saturated carbocycles. The Morgan fingerprint density at radius 2 is 2.00 bits per heavy atom. The molecular formula is C14H10FN3O. The fraction of sp³-hybridized carbons (Fsp3) is 0. The van der Waals surface area contributed by atoms with Gasteiger partial charge in [-0.15, -0.1) is 0 Å². The minimum Gasteiger partial charge on any atom is -0.380 e. The van der Waals surface area contributed by atoms with Gasteiger partial charge < -0.3 is 10.3 Å². The van der Waals surface area contributed by atoms with Crippen molar-refractivity contribution in [3.05, 3.63) is 54.5 Å². The molecule has 4 nitrogen and oxygen atoms in total. The van der Waals surface area contributed by atoms with Crippen LogP contribution in [0.3, 0.4) is 0 Å². The van der Waals surface area contributed by atoms with Gasteiger partial charge in [-0.25, -0.2) is 4.39 Å². The Hall–Kier alpha value is -2.69. The van der Waals surface area contributed by atoms with Gasteiger partial charge in [0.25, 0.3) is 0 Å². The maximum atomic E-state index is 13.3. The first-order valence-corrected chi connectivity index (χ1v) is 5.68. The summed E-state index contributed by atoms with van der Waals surface area (Å²) in [5.74, 6) is 0.299. The molecule has 0 aliphatic carbocycles. The van der Waals surface area contributed by atoms with E-state index in [4.69, 9.17) is 10.3 Å². The van der Waals surface area contributed by atoms with Crippen molar-refractivity contribution in [3.63, 3.8) is 0 Å². The third-order valence-electron chi connectivity index (χ3n) is 2.73. The van der Waals surface area contributed by atoms with Crippen LogP contribution in [-0.2, 0) is 0 Å². The van der Waals surface area contributed by atoms with Crippen molar-refractivity contribution in [3.8, 4) is 22.6 Å². The fourth-order valence-electron chi connectivity index (χ4n) is 1.89. The SMILES string of the molecule is Nc1noc(-c2cccc(F)c2)c1-c1ccccn1. The average Bonchev–Trinajstić information content (AvgIpc) is 2.82. The summed E-state index contributed by atoms with van der Waals surface area (Å²) in [4.78, 5) is 4.22. The van der Waals surface area contributed by atoms with Crippen LogP contribution >= 0.6 is 0 Å². The van der Waals surface area contributed by atoms with Gasteiger partial charge in [-0.3, -0.25) is 4.98 Å². The van der Waals surface area contributed by atoms with E-state index in [0.717, 1.165) is 0 Å². The lowest BCUT2D eigenvalue weighted by molar-refractivity contribution is 0.436. The van der Waals surface area contributed by atoms with Crippen molar-refractivity contribution >= 4 is 5.82 Å². The molecule has 2 heterocycles. The minimum atomic E-state index is -0.348. The van der Waals surface area contributed by atoms with E-state index in [2.05, 4.69) is 10.1 Å². The summed E-state index contributed by atoms with van der Waals surface area (Å²) in [7, 11) is 0. The molecule has 0 bridgehead atoms. The Labute approximate surface area is 108 Å². The largest absolute Gasteiger partial charge is 0.380 e. The Morgan fingerprint density at radius 3 is 2.74 bits per heavy atom. The van der Waals surface area contributed by atoms with Crippen molar-refractivity contribution in [2.75, 3.05) is 5.73 Å². The predicted molar refractivity (Wildman–Crippen MR) is 69.5 cm³/mol. The summed E-state index contributed by atoms with van der Waals surface area (Å²) in [5.41, 5.74) is 7.60. The van der Waals surface area contributed by atoms with Crippen molar-refractivity contribution in [1.82, 2.24) is 10.1 Å². The third-order valence-corrected chi connectivity index (χ3v) is 2.73. The summed E-state index contributed by atoms with van der Waals surface area (Å²) in [6.07, 6.45) is 1.65. The molecular weight excluding hydrogens is 245 g/mol. The van der Waals surface area contributed by atoms with Gasteiger partial charge in [0.05, 0.1) is 11.3 Å². The maximum absolute atomic E-state index is 13.3. The molecule has 2 N–H and O–H groups in total. The average molecular weight is 255 g/mol. The van der Waals surface area contributed by atoms with Crippen LogP contribution in [0.25, 0.3) is 22.6 Å². The maximum Gasteiger partial charge on any atom is 0.178 e. The third kappa shape index (κ3) is 2.06. The van der Waals surface area contributed by atoms with Gasteiger partial charge in [0.2, 0.25) is 0 Å². The molecule has 0 unspecified atom stereocenters. The second-order valence-electron chi connectivity index (χ2n) is 4.00. The summed E-state index contributed by atoms with van der Waals surface area (Å²) < 4.78 is 18.5. The van der Waals surface area contributed by atoms with Crippen LogP contribution < -0.4 is 5.73 Å². The normalized spacial score (nSPS) is 10.6. The number of halogens is 1. The van der Waals surface area contributed by atoms with Crippen LogP contribution in [-0.4, -0.2) is 10.1 Å². The number of pyridine rings is 1. The molecule has 19 heavy (non-hydrogen) atoms. The minimum absolute atomic E-state index is 0.234. The first-order valence-electron chi connectivity index (χ1n) is 5.68. The van der Waals surface area contributed by atoms with Crippen LogP contribution in [0.15, 0.2) is 53.2 Å². The molecule has 0 atom stereocenters. The molecule has 3 rings (SSSR count). The summed E-state index contributed by atoms with van der Waals surface area (Å²) in [6, 6.07) is 11.5. The first kappa shape index (κ1) is 11.4. The van der Waals surface area contributed by atoms with Crippen LogP contribution in [0.5, 0.6) is 0 Å². The second-order valence-corrected chi connectivity index (χ2v) is 4.00. The molecule has 3 aromatic rings. The Bertz CT molecular complexity index is 710. The number of rotatable bonds is 2. The van der Waals surface area contributed by atoms with E-state index in [1.165, 1.54) is 12.1 Å². The fourth-order valence-corrected chi connectivity index (χ4v) is 1.89. The summed E-state index contributed by atoms with van der Waals surface area (Å²) in [6.45, 7) is 0. The van der Waals surface area contributed by atoms with Crippen molar-refractivity contribution < 1.29 is 8.91 Å². The number of nitrogens with zero attached hydrogens (tertiary/aromatic N) is 2. The number of anilines is 1. The van der Waals surface area contributed by atoms with Crippen molar-refractivity contribution in [2.45, 2.75) is 0 Å². The van der Waals surface area contributed by atoms with Gasteiger partial charge >= 0.3 is 0 Å². The highest BCUT2D eigenvalue weighted by Gasteiger charge is 2.18. The predicted octanol–water partition coefficient (Wildman–Crippen LogP) is 3.12. The van der Waals surface area contributed by atoms with E-state index in [0.29, 0.717) is 22.6 Å². The highest BCUT2D eigenvalue weighted by atomic mass is 19.1. The molecule has 0 radical (unpaired) electrons. The molecule has 0 saturated heterocycles. The van der Waals surface area contributed by atoms with Gasteiger partial charge in [0.15, 0.2) is 11.6 Å². The molecule has 2 aromatic heterocycles. The lowest BCUT2D eigenvalue weighted by atomic mass is 10.1. The highest BCUT2D eigenvalue weighted by Crippen LogP contribution is 2.35. The monoisotopic (exact) mass is 255 g/mol. The summed E-state index contributed by atoms with van der Waals surface area (Å²) in [5, 5.41) is 3.74. The van der Waals surface area contributed by atoms with E-state index in [9.17, 15) is 4.39 Å². The molecule has 0 fully saturated rings. The second kappa shape index (κ2) is 4.53. The number of hydrogen-bond donors (Lipinski definition) is 1. The summed E-state index contributed by atoms with van der Waals surface area (Å²) >= 11 is 0. The van der Waals surface area contributed by atoms with Gasteiger partial charge in [-0.2, -0.15) is 0 Å². The topological polar surface area (TPSA) is 64.9 Å². The number of nitrogen functional groups attached to an aromatic ring is 1. The van der Waals surface area contributed by atoms with Crippen LogP contribution in [0.2, 0.25) is 0 Å². The van der Waals surface area contributed by atoms with Crippen LogP contribution in [0.1, 0.15) is 0 Å². The Morgan fingerprint density at radius 1 is 1.11 bits per heavy atom. The zero-order chi connectivity index (χ0) is 13.2. The molecule has 1 aromatic carbocycles. The van der Waals surface area contributed by atoms with Gasteiger partial charge in [0.1, 0.15) is 5.82 Å². The van der Waals surface area contributed by atoms with E-state index in [-0.39, 0.29) is 11.6 Å². The van der Waals surface area contributed by atoms with Gasteiger partial charge in [-0.1, -0.05) is 23.4 Å². The quantitative estimate of drug-likeness (QED) is 0.764. The Kier molecular flexibility index (Phi) is 2.72. The molecule has 94 valence electrons. The standard InChI is InChI=1S/C14H10FN3O/c15-10-5-3-4-9(8-10)13-12(14(16)18-19-13)11-6-1-2-7-17-11/h1-8H,(H2,16,18). The molecule has 0 aliphatic heterocycles. The zero-order valence-corrected chi connectivity index (χ0v) is 9.88. The van der Waals surface area contributed by atoms with Crippen LogP contribution in [0, 0.1) is 5.82 Å². The highest BCUT2D eigenvalue weighted by molar-refractivity contribution is 5.84. The first-order chi connectivity index (χ1) is 9.25. The van der Waals surface area contributed by atoms with Gasteiger partial charge in [-0.05, 0) is 24.3 Å². The van der Waals surface area contributed by atoms with E-state index in [1.54, 1.807) is 30.5 Å². The van der Waals surface area contributed by atoms with E-state index < -0.39 is 0 Å². The van der Waals surface area contributed by atoms with E-state index in [1.807, 2.05) is 6.07 Å². The van der Waals surface area contributed by atoms with Crippen LogP contribution in [0.4, 0.5) is 10.2 Å². The lowest BCUT2D eigenvalue weighted by Gasteiger charge is -2.01. The number of benzene rings is 1. The van der Waals surface area contributed by atoms with Crippen molar-refractivity contribution in [1.29, 1.82) is 0 Å². The number of hydrogen-bond acceptors (Lipinski definition) is 4. The van der Waals surface area contributed by atoms with Crippen molar-refractivity contribution in [2.24, 2.45) is 0 Å². The lowest BCUT2D eigenvalue weighted by Crippen LogP contribution is -1.90. The number of nitrogens with two attached hydrogens (primary N) is 1. The molecule has 0 aliphatic rings. The molecule has 5 heteroatoms. The molecule has 0 amide bonds. The Balaban J connectivity index is 2.19. The molecule has 0 spiro atoms. The zero-order valence-electron chi connectivity index (χ0n) is 9.88. The van der Waals surface area contributed by atoms with E-state index >= 15 is 0 Å². The smallest absolute Gasteiger partial charge is 0.178 e. The van der Waals surface area contributed by atoms with Gasteiger partial charge in [0, 0.05) is 11.8 Å². The number of aromatic nitrogens is 2.